The molecule has 0 spiro atoms. The molecule has 2 aromatic carbocycles. The topological polar surface area (TPSA) is 58.6 Å². The van der Waals surface area contributed by atoms with Crippen LogP contribution in [0.4, 0.5) is 0 Å². The van der Waals surface area contributed by atoms with E-state index in [0.29, 0.717) is 12.3 Å². The molecule has 0 unspecified atom stereocenters. The minimum Gasteiger partial charge on any atom is -0.508 e. The van der Waals surface area contributed by atoms with Gasteiger partial charge in [0.2, 0.25) is 0 Å². The van der Waals surface area contributed by atoms with Crippen LogP contribution >= 0.6 is 0 Å². The molecule has 0 radical (unpaired) electrons. The van der Waals surface area contributed by atoms with Gasteiger partial charge in [-0.15, -0.1) is 0 Å². The quantitative estimate of drug-likeness (QED) is 0.753. The first kappa shape index (κ1) is 18.8. The fourth-order valence-corrected chi connectivity index (χ4v) is 2.43. The molecule has 0 bridgehead atoms. The number of ether oxygens (including phenoxy) is 1. The van der Waals surface area contributed by atoms with Gasteiger partial charge in [0.15, 0.2) is 6.61 Å². The first-order valence-electron chi connectivity index (χ1n) is 8.62. The Morgan fingerprint density at radius 3 is 2.28 bits per heavy atom. The van der Waals surface area contributed by atoms with Crippen LogP contribution in [0.5, 0.6) is 11.5 Å². The highest BCUT2D eigenvalue weighted by atomic mass is 16.5. The first-order chi connectivity index (χ1) is 11.8. The molecule has 4 heteroatoms. The molecule has 0 heterocycles. The third kappa shape index (κ3) is 6.49. The van der Waals surface area contributed by atoms with E-state index in [1.54, 1.807) is 12.1 Å². The van der Waals surface area contributed by atoms with Crippen LogP contribution in [-0.2, 0) is 16.6 Å². The Balaban J connectivity index is 1.66. The van der Waals surface area contributed by atoms with Gasteiger partial charge in [0, 0.05) is 6.54 Å². The monoisotopic (exact) mass is 341 g/mol. The lowest BCUT2D eigenvalue weighted by molar-refractivity contribution is -0.123. The number of carbonyl (C=O) groups excluding carboxylic acids is 1. The van der Waals surface area contributed by atoms with Crippen LogP contribution in [0.1, 0.15) is 38.3 Å². The summed E-state index contributed by atoms with van der Waals surface area (Å²) in [4.78, 5) is 11.8. The summed E-state index contributed by atoms with van der Waals surface area (Å²) >= 11 is 0. The van der Waals surface area contributed by atoms with Crippen molar-refractivity contribution in [2.24, 2.45) is 0 Å². The van der Waals surface area contributed by atoms with E-state index in [2.05, 4.69) is 26.1 Å². The average molecular weight is 341 g/mol. The molecule has 0 saturated heterocycles. The number of nitrogens with one attached hydrogen (secondary N) is 1. The fourth-order valence-electron chi connectivity index (χ4n) is 2.43. The standard InChI is InChI=1S/C21H27NO3/c1-21(2,3)17-8-12-19(13-9-17)25-15-20(24)22-14-4-5-16-6-10-18(23)11-7-16/h6-13,23H,4-5,14-15H2,1-3H3,(H,22,24). The van der Waals surface area contributed by atoms with Crippen molar-refractivity contribution in [1.29, 1.82) is 0 Å². The summed E-state index contributed by atoms with van der Waals surface area (Å²) in [5.41, 5.74) is 2.48. The number of hydrogen-bond donors (Lipinski definition) is 2. The fraction of sp³-hybridized carbons (Fsp3) is 0.381. The molecule has 2 aromatic rings. The summed E-state index contributed by atoms with van der Waals surface area (Å²) in [5, 5.41) is 12.1. The van der Waals surface area contributed by atoms with Gasteiger partial charge in [0.05, 0.1) is 0 Å². The van der Waals surface area contributed by atoms with Crippen molar-refractivity contribution in [3.8, 4) is 11.5 Å². The third-order valence-electron chi connectivity index (χ3n) is 3.99. The summed E-state index contributed by atoms with van der Waals surface area (Å²) in [6, 6.07) is 15.0. The van der Waals surface area contributed by atoms with Crippen LogP contribution in [0.3, 0.4) is 0 Å². The number of hydrogen-bond acceptors (Lipinski definition) is 3. The Bertz CT molecular complexity index is 670. The second kappa shape index (κ2) is 8.56. The zero-order valence-electron chi connectivity index (χ0n) is 15.2. The molecule has 25 heavy (non-hydrogen) atoms. The highest BCUT2D eigenvalue weighted by Crippen LogP contribution is 2.24. The molecule has 2 N–H and O–H groups in total. The van der Waals surface area contributed by atoms with Crippen molar-refractivity contribution in [3.05, 3.63) is 59.7 Å². The molecule has 0 aromatic heterocycles. The number of rotatable bonds is 7. The molecule has 0 atom stereocenters. The predicted molar refractivity (Wildman–Crippen MR) is 100 cm³/mol. The number of phenols is 1. The Kier molecular flexibility index (Phi) is 6.45. The van der Waals surface area contributed by atoms with E-state index in [1.165, 1.54) is 5.56 Å². The molecule has 1 amide bonds. The summed E-state index contributed by atoms with van der Waals surface area (Å²) in [6.07, 6.45) is 1.70. The van der Waals surface area contributed by atoms with E-state index < -0.39 is 0 Å². The van der Waals surface area contributed by atoms with E-state index in [0.717, 1.165) is 18.4 Å². The summed E-state index contributed by atoms with van der Waals surface area (Å²) in [5.74, 6) is 0.850. The number of phenolic OH excluding ortho intramolecular Hbond substituents is 1. The van der Waals surface area contributed by atoms with Crippen LogP contribution in [0, 0.1) is 0 Å². The molecule has 2 rings (SSSR count). The van der Waals surface area contributed by atoms with Crippen molar-refractivity contribution < 1.29 is 14.6 Å². The van der Waals surface area contributed by atoms with E-state index in [4.69, 9.17) is 4.74 Å². The van der Waals surface area contributed by atoms with Crippen molar-refractivity contribution in [2.45, 2.75) is 39.0 Å². The SMILES string of the molecule is CC(C)(C)c1ccc(OCC(=O)NCCCc2ccc(O)cc2)cc1. The van der Waals surface area contributed by atoms with E-state index in [-0.39, 0.29) is 23.7 Å². The lowest BCUT2D eigenvalue weighted by atomic mass is 9.87. The minimum absolute atomic E-state index is 0.0219. The molecule has 4 nitrogen and oxygen atoms in total. The molecular formula is C21H27NO3. The second-order valence-corrected chi connectivity index (χ2v) is 7.18. The Morgan fingerprint density at radius 2 is 1.68 bits per heavy atom. The molecule has 0 fully saturated rings. The third-order valence-corrected chi connectivity index (χ3v) is 3.99. The van der Waals surface area contributed by atoms with Gasteiger partial charge in [-0.1, -0.05) is 45.0 Å². The lowest BCUT2D eigenvalue weighted by Gasteiger charge is -2.19. The zero-order valence-corrected chi connectivity index (χ0v) is 15.2. The van der Waals surface area contributed by atoms with Gasteiger partial charge in [-0.3, -0.25) is 4.79 Å². The van der Waals surface area contributed by atoms with Crippen LogP contribution in [-0.4, -0.2) is 24.2 Å². The average Bonchev–Trinajstić information content (AvgIpc) is 2.58. The van der Waals surface area contributed by atoms with Gasteiger partial charge in [-0.25, -0.2) is 0 Å². The summed E-state index contributed by atoms with van der Waals surface area (Å²) in [7, 11) is 0. The zero-order chi connectivity index (χ0) is 18.3. The second-order valence-electron chi connectivity index (χ2n) is 7.18. The van der Waals surface area contributed by atoms with Crippen LogP contribution in [0.15, 0.2) is 48.5 Å². The van der Waals surface area contributed by atoms with Crippen molar-refractivity contribution in [3.63, 3.8) is 0 Å². The first-order valence-corrected chi connectivity index (χ1v) is 8.62. The van der Waals surface area contributed by atoms with Gasteiger partial charge < -0.3 is 15.2 Å². The lowest BCUT2D eigenvalue weighted by Crippen LogP contribution is -2.29. The molecule has 0 aliphatic heterocycles. The van der Waals surface area contributed by atoms with E-state index in [1.807, 2.05) is 36.4 Å². The molecule has 0 aliphatic rings. The highest BCUT2D eigenvalue weighted by Gasteiger charge is 2.13. The number of benzene rings is 2. The van der Waals surface area contributed by atoms with E-state index in [9.17, 15) is 9.90 Å². The van der Waals surface area contributed by atoms with Crippen LogP contribution in [0.25, 0.3) is 0 Å². The highest BCUT2D eigenvalue weighted by molar-refractivity contribution is 5.77. The number of amides is 1. The predicted octanol–water partition coefficient (Wildman–Crippen LogP) is 3.82. The summed E-state index contributed by atoms with van der Waals surface area (Å²) in [6.45, 7) is 7.11. The minimum atomic E-state index is -0.120. The van der Waals surface area contributed by atoms with Gasteiger partial charge >= 0.3 is 0 Å². The summed E-state index contributed by atoms with van der Waals surface area (Å²) < 4.78 is 5.52. The Morgan fingerprint density at radius 1 is 1.04 bits per heavy atom. The van der Waals surface area contributed by atoms with Gasteiger partial charge in [0.1, 0.15) is 11.5 Å². The normalized spacial score (nSPS) is 11.2. The number of aryl methyl sites for hydroxylation is 1. The molecule has 134 valence electrons. The van der Waals surface area contributed by atoms with Crippen molar-refractivity contribution in [1.82, 2.24) is 5.32 Å². The largest absolute Gasteiger partial charge is 0.508 e. The number of aromatic hydroxyl groups is 1. The van der Waals surface area contributed by atoms with Crippen LogP contribution in [0.2, 0.25) is 0 Å². The molecule has 0 saturated carbocycles. The van der Waals surface area contributed by atoms with Gasteiger partial charge in [0.25, 0.3) is 5.91 Å². The maximum Gasteiger partial charge on any atom is 0.257 e. The maximum atomic E-state index is 11.8. The van der Waals surface area contributed by atoms with Crippen LogP contribution < -0.4 is 10.1 Å². The van der Waals surface area contributed by atoms with Gasteiger partial charge in [-0.2, -0.15) is 0 Å². The smallest absolute Gasteiger partial charge is 0.257 e. The Labute approximate surface area is 149 Å². The maximum absolute atomic E-state index is 11.8. The van der Waals surface area contributed by atoms with Crippen molar-refractivity contribution in [2.75, 3.05) is 13.2 Å². The van der Waals surface area contributed by atoms with Gasteiger partial charge in [-0.05, 0) is 53.6 Å². The molecular weight excluding hydrogens is 314 g/mol. The Hall–Kier alpha value is -2.49. The number of carbonyl (C=O) groups is 1. The van der Waals surface area contributed by atoms with Crippen molar-refractivity contribution >= 4 is 5.91 Å². The molecule has 0 aliphatic carbocycles. The van der Waals surface area contributed by atoms with E-state index >= 15 is 0 Å².